The molecule has 0 fully saturated rings. The van der Waals surface area contributed by atoms with Gasteiger partial charge in [-0.25, -0.2) is 4.98 Å². The molecule has 0 aliphatic rings. The molecule has 2 aromatic rings. The predicted molar refractivity (Wildman–Crippen MR) is 73.9 cm³/mol. The molecule has 102 valence electrons. The number of imidazole rings is 1. The normalized spacial score (nSPS) is 10.6. The molecule has 1 aromatic carbocycles. The summed E-state index contributed by atoms with van der Waals surface area (Å²) in [6, 6.07) is 5.71. The summed E-state index contributed by atoms with van der Waals surface area (Å²) in [7, 11) is 1.61. The zero-order chi connectivity index (χ0) is 13.5. The average molecular weight is 261 g/mol. The minimum absolute atomic E-state index is 0.507. The van der Waals surface area contributed by atoms with E-state index in [-0.39, 0.29) is 0 Å². The summed E-state index contributed by atoms with van der Waals surface area (Å²) >= 11 is 0. The smallest absolute Gasteiger partial charge is 0.142 e. The summed E-state index contributed by atoms with van der Waals surface area (Å²) in [4.78, 5) is 3.99. The zero-order valence-electron chi connectivity index (χ0n) is 11.1. The van der Waals surface area contributed by atoms with E-state index in [0.29, 0.717) is 24.7 Å². The van der Waals surface area contributed by atoms with Crippen LogP contribution in [-0.2, 0) is 17.9 Å². The van der Waals surface area contributed by atoms with Crippen molar-refractivity contribution in [1.29, 1.82) is 0 Å². The van der Waals surface area contributed by atoms with Crippen LogP contribution in [0.4, 0.5) is 5.69 Å². The number of aryl methyl sites for hydroxylation is 1. The quantitative estimate of drug-likeness (QED) is 0.612. The van der Waals surface area contributed by atoms with Crippen molar-refractivity contribution < 1.29 is 9.47 Å². The second-order valence-electron chi connectivity index (χ2n) is 4.24. The highest BCUT2D eigenvalue weighted by Crippen LogP contribution is 2.25. The summed E-state index contributed by atoms with van der Waals surface area (Å²) in [5.41, 5.74) is 7.58. The molecular weight excluding hydrogens is 242 g/mol. The molecule has 5 heteroatoms. The first-order valence-corrected chi connectivity index (χ1v) is 6.26. The molecule has 2 rings (SSSR count). The molecule has 2 N–H and O–H groups in total. The van der Waals surface area contributed by atoms with Gasteiger partial charge in [-0.15, -0.1) is 0 Å². The Kier molecular flexibility index (Phi) is 4.80. The maximum Gasteiger partial charge on any atom is 0.142 e. The Morgan fingerprint density at radius 3 is 3.00 bits per heavy atom. The Bertz CT molecular complexity index is 497. The summed E-state index contributed by atoms with van der Waals surface area (Å²) in [5, 5.41) is 0. The fraction of sp³-hybridized carbons (Fsp3) is 0.357. The van der Waals surface area contributed by atoms with Crippen LogP contribution in [0.15, 0.2) is 36.9 Å². The maximum absolute atomic E-state index is 5.97. The highest BCUT2D eigenvalue weighted by atomic mass is 16.5. The molecule has 5 nitrogen and oxygen atoms in total. The summed E-state index contributed by atoms with van der Waals surface area (Å²) in [6.07, 6.45) is 6.47. The van der Waals surface area contributed by atoms with Gasteiger partial charge in [0.05, 0.1) is 25.7 Å². The Morgan fingerprint density at radius 1 is 1.37 bits per heavy atom. The lowest BCUT2D eigenvalue weighted by atomic mass is 10.2. The number of nitrogen functional groups attached to an aromatic ring is 1. The molecule has 0 amide bonds. The van der Waals surface area contributed by atoms with Crippen molar-refractivity contribution in [3.05, 3.63) is 42.5 Å². The topological polar surface area (TPSA) is 62.3 Å². The van der Waals surface area contributed by atoms with Crippen LogP contribution in [0.1, 0.15) is 12.0 Å². The van der Waals surface area contributed by atoms with Gasteiger partial charge >= 0.3 is 0 Å². The minimum atomic E-state index is 0.507. The first-order chi connectivity index (χ1) is 9.31. The van der Waals surface area contributed by atoms with Crippen LogP contribution >= 0.6 is 0 Å². The van der Waals surface area contributed by atoms with E-state index in [1.807, 2.05) is 29.0 Å². The number of methoxy groups -OCH3 is 1. The minimum Gasteiger partial charge on any atom is -0.495 e. The van der Waals surface area contributed by atoms with Gasteiger partial charge in [0.15, 0.2) is 0 Å². The van der Waals surface area contributed by atoms with E-state index in [1.54, 1.807) is 19.6 Å². The van der Waals surface area contributed by atoms with Crippen molar-refractivity contribution in [3.8, 4) is 5.75 Å². The van der Waals surface area contributed by atoms with Gasteiger partial charge in [0.25, 0.3) is 0 Å². The third-order valence-electron chi connectivity index (χ3n) is 2.90. The molecular formula is C14H19N3O2. The third-order valence-corrected chi connectivity index (χ3v) is 2.90. The summed E-state index contributed by atoms with van der Waals surface area (Å²) in [6.45, 7) is 2.11. The average Bonchev–Trinajstić information content (AvgIpc) is 2.93. The largest absolute Gasteiger partial charge is 0.495 e. The molecule has 0 radical (unpaired) electrons. The number of hydrogen-bond acceptors (Lipinski definition) is 4. The molecule has 0 bridgehead atoms. The van der Waals surface area contributed by atoms with Gasteiger partial charge in [-0.05, 0) is 12.5 Å². The first-order valence-electron chi connectivity index (χ1n) is 6.26. The van der Waals surface area contributed by atoms with Crippen LogP contribution in [-0.4, -0.2) is 23.3 Å². The molecule has 1 aromatic heterocycles. The van der Waals surface area contributed by atoms with E-state index in [0.717, 1.165) is 18.5 Å². The number of anilines is 1. The van der Waals surface area contributed by atoms with Crippen LogP contribution in [0, 0.1) is 0 Å². The zero-order valence-corrected chi connectivity index (χ0v) is 11.1. The lowest BCUT2D eigenvalue weighted by molar-refractivity contribution is 0.116. The van der Waals surface area contributed by atoms with Gasteiger partial charge in [-0.1, -0.05) is 12.1 Å². The predicted octanol–water partition coefficient (Wildman–Crippen LogP) is 2.08. The van der Waals surface area contributed by atoms with Gasteiger partial charge in [0.1, 0.15) is 5.75 Å². The SMILES string of the molecule is COc1cccc(COCCCn2ccnc2)c1N. The fourth-order valence-electron chi connectivity index (χ4n) is 1.84. The van der Waals surface area contributed by atoms with Gasteiger partial charge in [0.2, 0.25) is 0 Å². The first kappa shape index (κ1) is 13.4. The van der Waals surface area contributed by atoms with Gasteiger partial charge < -0.3 is 19.8 Å². The number of ether oxygens (including phenoxy) is 2. The van der Waals surface area contributed by atoms with Crippen molar-refractivity contribution in [2.45, 2.75) is 19.6 Å². The monoisotopic (exact) mass is 261 g/mol. The Morgan fingerprint density at radius 2 is 2.26 bits per heavy atom. The molecule has 0 aliphatic heterocycles. The summed E-state index contributed by atoms with van der Waals surface area (Å²) < 4.78 is 12.8. The number of para-hydroxylation sites is 1. The van der Waals surface area contributed by atoms with Gasteiger partial charge in [-0.3, -0.25) is 0 Å². The molecule has 0 spiro atoms. The molecule has 1 heterocycles. The van der Waals surface area contributed by atoms with Crippen LogP contribution < -0.4 is 10.5 Å². The van der Waals surface area contributed by atoms with E-state index in [2.05, 4.69) is 4.98 Å². The van der Waals surface area contributed by atoms with Crippen LogP contribution in [0.5, 0.6) is 5.75 Å². The van der Waals surface area contributed by atoms with Crippen LogP contribution in [0.3, 0.4) is 0 Å². The summed E-state index contributed by atoms with van der Waals surface area (Å²) in [5.74, 6) is 0.694. The van der Waals surface area contributed by atoms with Gasteiger partial charge in [-0.2, -0.15) is 0 Å². The third kappa shape index (κ3) is 3.72. The fourth-order valence-corrected chi connectivity index (χ4v) is 1.84. The maximum atomic E-state index is 5.97. The van der Waals surface area contributed by atoms with E-state index >= 15 is 0 Å². The van der Waals surface area contributed by atoms with Crippen molar-refractivity contribution in [3.63, 3.8) is 0 Å². The van der Waals surface area contributed by atoms with Crippen molar-refractivity contribution in [2.75, 3.05) is 19.5 Å². The number of benzene rings is 1. The Balaban J connectivity index is 1.73. The van der Waals surface area contributed by atoms with Crippen LogP contribution in [0.2, 0.25) is 0 Å². The molecule has 0 saturated heterocycles. The molecule has 0 unspecified atom stereocenters. The lowest BCUT2D eigenvalue weighted by Gasteiger charge is -2.10. The van der Waals surface area contributed by atoms with E-state index in [1.165, 1.54) is 0 Å². The second-order valence-corrected chi connectivity index (χ2v) is 4.24. The van der Waals surface area contributed by atoms with Crippen molar-refractivity contribution >= 4 is 5.69 Å². The number of hydrogen-bond donors (Lipinski definition) is 1. The van der Waals surface area contributed by atoms with Crippen LogP contribution in [0.25, 0.3) is 0 Å². The lowest BCUT2D eigenvalue weighted by Crippen LogP contribution is -2.03. The van der Waals surface area contributed by atoms with Crippen molar-refractivity contribution in [1.82, 2.24) is 9.55 Å². The molecule has 0 atom stereocenters. The Labute approximate surface area is 113 Å². The molecule has 0 saturated carbocycles. The number of aromatic nitrogens is 2. The number of nitrogens with two attached hydrogens (primary N) is 1. The molecule has 0 aliphatic carbocycles. The Hall–Kier alpha value is -2.01. The van der Waals surface area contributed by atoms with Gasteiger partial charge in [0, 0.05) is 31.1 Å². The second kappa shape index (κ2) is 6.80. The highest BCUT2D eigenvalue weighted by Gasteiger charge is 2.04. The number of rotatable bonds is 7. The highest BCUT2D eigenvalue weighted by molar-refractivity contribution is 5.58. The van der Waals surface area contributed by atoms with Crippen molar-refractivity contribution in [2.24, 2.45) is 0 Å². The standard InChI is InChI=1S/C14H19N3O2/c1-18-13-5-2-4-12(14(13)15)10-19-9-3-7-17-8-6-16-11-17/h2,4-6,8,11H,3,7,9-10,15H2,1H3. The van der Waals surface area contributed by atoms with E-state index in [9.17, 15) is 0 Å². The van der Waals surface area contributed by atoms with E-state index in [4.69, 9.17) is 15.2 Å². The number of nitrogens with zero attached hydrogens (tertiary/aromatic N) is 2. The molecule has 19 heavy (non-hydrogen) atoms. The van der Waals surface area contributed by atoms with E-state index < -0.39 is 0 Å².